The van der Waals surface area contributed by atoms with E-state index >= 15 is 4.79 Å². The number of rotatable bonds is 13. The van der Waals surface area contributed by atoms with Crippen LogP contribution >= 0.6 is 0 Å². The van der Waals surface area contributed by atoms with Crippen molar-refractivity contribution in [2.75, 3.05) is 28.3 Å². The van der Waals surface area contributed by atoms with Crippen molar-refractivity contribution in [3.05, 3.63) is 102 Å². The van der Waals surface area contributed by atoms with Crippen LogP contribution in [0.4, 0.5) is 4.79 Å². The Morgan fingerprint density at radius 1 is 0.813 bits per heavy atom. The topological polar surface area (TPSA) is 199 Å². The van der Waals surface area contributed by atoms with E-state index in [1.165, 1.54) is 25.8 Å². The largest absolute Gasteiger partial charge is 0.457 e. The Morgan fingerprint density at radius 2 is 1.44 bits per heavy atom. The molecule has 6 rings (SSSR count). The summed E-state index contributed by atoms with van der Waals surface area (Å²) in [5, 5.41) is 0. The number of imidazole rings is 1. The Labute approximate surface area is 442 Å². The molecule has 18 nitrogen and oxygen atoms in total. The van der Waals surface area contributed by atoms with E-state index in [2.05, 4.69) is 4.98 Å². The number of esters is 3. The van der Waals surface area contributed by atoms with Crippen LogP contribution in [0.5, 0.6) is 0 Å². The van der Waals surface area contributed by atoms with Gasteiger partial charge in [0.05, 0.1) is 53.6 Å². The molecule has 0 aliphatic carbocycles. The van der Waals surface area contributed by atoms with Gasteiger partial charge < -0.3 is 52.3 Å². The Kier molecular flexibility index (Phi) is 20.2. The second kappa shape index (κ2) is 25.7. The number of Topliss-reactive ketones (excluding diaryl/α,β-unsaturated/α-hetero) is 1. The first-order valence-electron chi connectivity index (χ1n) is 26.1. The summed E-state index contributed by atoms with van der Waals surface area (Å²) in [5.74, 6) is -4.96. The molecule has 3 aliphatic rings. The highest BCUT2D eigenvalue weighted by molar-refractivity contribution is 5.96. The molecule has 18 heteroatoms. The van der Waals surface area contributed by atoms with Crippen molar-refractivity contribution >= 4 is 29.8 Å². The monoisotopic (exact) mass is 1050 g/mol. The molecule has 3 aliphatic heterocycles. The van der Waals surface area contributed by atoms with Crippen LogP contribution in [0.15, 0.2) is 91.0 Å². The summed E-state index contributed by atoms with van der Waals surface area (Å²) in [5.41, 5.74) is -1.80. The van der Waals surface area contributed by atoms with Gasteiger partial charge in [-0.3, -0.25) is 9.59 Å². The van der Waals surface area contributed by atoms with Gasteiger partial charge in [-0.2, -0.15) is 0 Å². The SMILES string of the molecule is CC[C@H]1OC(=O)[C@H](C)[C@@H](OC2C[C@@](C)(OC)[C@@H](OC(=O)c3ccccc3)[C@H](C)O2)[C@H](C)[C@@H](OC2O[C@H](C)C[C@H](N(C)C)[C@H]2OC(=O)c2ccccc2)C(OC)[C@H](C)C[C@@H](C)C(=O)/C(C)=C/[C@]1(C)OC(=O)n1ccnc1. The third-order valence-electron chi connectivity index (χ3n) is 15.2. The molecule has 17 atom stereocenters. The van der Waals surface area contributed by atoms with E-state index in [1.54, 1.807) is 102 Å². The Hall–Kier alpha value is -5.34. The lowest BCUT2D eigenvalue weighted by Crippen LogP contribution is -2.60. The Bertz CT molecular complexity index is 2400. The number of hydrogen-bond acceptors (Lipinski definition) is 17. The minimum atomic E-state index is -1.65. The van der Waals surface area contributed by atoms with E-state index in [1.807, 2.05) is 59.7 Å². The van der Waals surface area contributed by atoms with E-state index in [9.17, 15) is 19.2 Å². The maximum Gasteiger partial charge on any atom is 0.420 e. The second-order valence-electron chi connectivity index (χ2n) is 21.2. The van der Waals surface area contributed by atoms with Crippen molar-refractivity contribution in [2.45, 2.75) is 174 Å². The van der Waals surface area contributed by atoms with Crippen LogP contribution in [0.2, 0.25) is 0 Å². The number of carbonyl (C=O) groups is 5. The van der Waals surface area contributed by atoms with Crippen molar-refractivity contribution in [3.8, 4) is 0 Å². The average Bonchev–Trinajstić information content (AvgIpc) is 3.94. The van der Waals surface area contributed by atoms with E-state index < -0.39 is 114 Å². The van der Waals surface area contributed by atoms with Gasteiger partial charge in [-0.15, -0.1) is 0 Å². The van der Waals surface area contributed by atoms with Gasteiger partial charge in [0.1, 0.15) is 18.0 Å². The fourth-order valence-corrected chi connectivity index (χ4v) is 11.0. The second-order valence-corrected chi connectivity index (χ2v) is 21.2. The third-order valence-corrected chi connectivity index (χ3v) is 15.2. The van der Waals surface area contributed by atoms with Gasteiger partial charge in [-0.25, -0.2) is 23.9 Å². The molecule has 412 valence electrons. The highest BCUT2D eigenvalue weighted by Crippen LogP contribution is 2.41. The van der Waals surface area contributed by atoms with Gasteiger partial charge >= 0.3 is 24.0 Å². The lowest BCUT2D eigenvalue weighted by molar-refractivity contribution is -0.312. The molecule has 0 spiro atoms. The van der Waals surface area contributed by atoms with Crippen molar-refractivity contribution in [3.63, 3.8) is 0 Å². The summed E-state index contributed by atoms with van der Waals surface area (Å²) in [4.78, 5) is 76.7. The zero-order valence-corrected chi connectivity index (χ0v) is 46.0. The van der Waals surface area contributed by atoms with Gasteiger partial charge in [-0.05, 0) is 117 Å². The lowest BCUT2D eigenvalue weighted by atomic mass is 9.80. The van der Waals surface area contributed by atoms with E-state index in [0.717, 1.165) is 4.57 Å². The van der Waals surface area contributed by atoms with Gasteiger partial charge in [0.2, 0.25) is 0 Å². The van der Waals surface area contributed by atoms with Crippen molar-refractivity contribution < 1.29 is 71.3 Å². The fourth-order valence-electron chi connectivity index (χ4n) is 11.0. The predicted molar refractivity (Wildman–Crippen MR) is 275 cm³/mol. The Morgan fingerprint density at radius 3 is 2.00 bits per heavy atom. The summed E-state index contributed by atoms with van der Waals surface area (Å²) in [7, 11) is 6.89. The number of cyclic esters (lactones) is 1. The number of hydrogen-bond donors (Lipinski definition) is 0. The fraction of sp³-hybridized carbons (Fsp3) is 0.614. The van der Waals surface area contributed by atoms with E-state index in [4.69, 9.17) is 47.4 Å². The van der Waals surface area contributed by atoms with Gasteiger partial charge in [0, 0.05) is 44.9 Å². The molecule has 0 N–H and O–H groups in total. The van der Waals surface area contributed by atoms with Gasteiger partial charge in [0.25, 0.3) is 0 Å². The predicted octanol–water partition coefficient (Wildman–Crippen LogP) is 8.25. The molecule has 75 heavy (non-hydrogen) atoms. The zero-order valence-electron chi connectivity index (χ0n) is 46.0. The molecular formula is C57H79N3O15. The minimum absolute atomic E-state index is 0.0516. The molecule has 3 aromatic rings. The molecular weight excluding hydrogens is 967 g/mol. The first-order valence-corrected chi connectivity index (χ1v) is 26.1. The average molecular weight is 1050 g/mol. The molecule has 4 heterocycles. The van der Waals surface area contributed by atoms with Crippen LogP contribution < -0.4 is 0 Å². The number of allylic oxidation sites excluding steroid dienone is 1. The van der Waals surface area contributed by atoms with E-state index in [0.29, 0.717) is 29.5 Å². The quantitative estimate of drug-likeness (QED) is 0.117. The lowest BCUT2D eigenvalue weighted by Gasteiger charge is -2.48. The van der Waals surface area contributed by atoms with Gasteiger partial charge in [-0.1, -0.05) is 64.1 Å². The molecule has 2 saturated heterocycles. The standard InChI is InChI=1S/C57H79N3O15/c1-15-43-56(9,75-55(65)60-27-26-58-32-60)30-35(4)45(61)33(2)28-34(3)46(66-13)48(73-54-49(42(59(11)12)29-36(5)68-54)72-52(63)40-22-18-16-19-23-40)37(6)47(38(7)51(62)70-43)71-44-31-57(10,67-14)50(39(8)69-44)74-53(64)41-24-20-17-21-25-41/h16-27,30,32-34,36-39,42-44,46-50,54H,15,28-29,31H2,1-14H3/b35-30+/t33-,34-,36-,37+,38-,39+,42+,43-,44?,46?,47+,48-,49-,50+,54?,56+,57-/m1/s1. The van der Waals surface area contributed by atoms with Crippen LogP contribution in [0.3, 0.4) is 0 Å². The molecule has 2 aromatic carbocycles. The third kappa shape index (κ3) is 14.0. The highest BCUT2D eigenvalue weighted by Gasteiger charge is 2.53. The number of methoxy groups -OCH3 is 2. The normalized spacial score (nSPS) is 36.0. The Balaban J connectivity index is 1.46. The summed E-state index contributed by atoms with van der Waals surface area (Å²) in [6.45, 7) is 17.9. The smallest absolute Gasteiger partial charge is 0.420 e. The summed E-state index contributed by atoms with van der Waals surface area (Å²) in [6.07, 6.45) is -3.26. The van der Waals surface area contributed by atoms with Crippen LogP contribution in [0.25, 0.3) is 0 Å². The first-order chi connectivity index (χ1) is 35.5. The van der Waals surface area contributed by atoms with Gasteiger partial charge in [0.15, 0.2) is 36.2 Å². The zero-order chi connectivity index (χ0) is 54.9. The van der Waals surface area contributed by atoms with Crippen molar-refractivity contribution in [2.24, 2.45) is 23.7 Å². The summed E-state index contributed by atoms with van der Waals surface area (Å²) < 4.78 is 66.4. The van der Waals surface area contributed by atoms with E-state index in [-0.39, 0.29) is 30.8 Å². The molecule has 1 aromatic heterocycles. The van der Waals surface area contributed by atoms with Crippen molar-refractivity contribution in [1.29, 1.82) is 0 Å². The maximum atomic E-state index is 15.1. The van der Waals surface area contributed by atoms with Crippen LogP contribution in [0.1, 0.15) is 116 Å². The van der Waals surface area contributed by atoms with Crippen LogP contribution in [-0.2, 0) is 57.0 Å². The molecule has 3 unspecified atom stereocenters. The molecule has 0 saturated carbocycles. The minimum Gasteiger partial charge on any atom is -0.457 e. The van der Waals surface area contributed by atoms with Crippen LogP contribution in [-0.4, -0.2) is 151 Å². The molecule has 0 amide bonds. The summed E-state index contributed by atoms with van der Waals surface area (Å²) >= 11 is 0. The number of benzene rings is 2. The highest BCUT2D eigenvalue weighted by atomic mass is 16.7. The maximum absolute atomic E-state index is 15.1. The van der Waals surface area contributed by atoms with Crippen LogP contribution in [0, 0.1) is 23.7 Å². The molecule has 0 radical (unpaired) electrons. The number of likely N-dealkylation sites (N-methyl/N-ethyl adjacent to an activating group) is 1. The summed E-state index contributed by atoms with van der Waals surface area (Å²) in [6, 6.07) is 17.0. The number of ether oxygens (including phenoxy) is 10. The van der Waals surface area contributed by atoms with Crippen molar-refractivity contribution in [1.82, 2.24) is 14.5 Å². The number of aromatic nitrogens is 2. The molecule has 0 bridgehead atoms. The first kappa shape index (κ1) is 58.9. The number of carbonyl (C=O) groups excluding carboxylic acids is 5. The number of ketones is 1. The number of nitrogens with zero attached hydrogens (tertiary/aromatic N) is 3. The molecule has 2 fully saturated rings.